The Kier molecular flexibility index (Phi) is 4.87. The number of rotatable bonds is 4. The van der Waals surface area contributed by atoms with Crippen molar-refractivity contribution in [2.24, 2.45) is 5.41 Å². The Balaban J connectivity index is 2.71. The molecular formula is C12H18ClN3O. The standard InChI is InChI=1S/C12H18ClN3O/c1-12(2,3)10(4-6-13)16-11(17)9-5-7-14-15-8-9/h5,7-8,10H,4,6H2,1-3H3,(H,16,17). The van der Waals surface area contributed by atoms with E-state index in [0.29, 0.717) is 11.4 Å². The Morgan fingerprint density at radius 2 is 2.18 bits per heavy atom. The van der Waals surface area contributed by atoms with Gasteiger partial charge in [0.15, 0.2) is 0 Å². The van der Waals surface area contributed by atoms with Crippen molar-refractivity contribution in [2.75, 3.05) is 5.88 Å². The van der Waals surface area contributed by atoms with Gasteiger partial charge in [0.2, 0.25) is 0 Å². The zero-order valence-corrected chi connectivity index (χ0v) is 11.2. The molecule has 0 bridgehead atoms. The van der Waals surface area contributed by atoms with E-state index in [4.69, 9.17) is 11.6 Å². The summed E-state index contributed by atoms with van der Waals surface area (Å²) in [7, 11) is 0. The topological polar surface area (TPSA) is 54.9 Å². The van der Waals surface area contributed by atoms with Crippen LogP contribution < -0.4 is 5.32 Å². The molecule has 0 radical (unpaired) electrons. The molecule has 5 heteroatoms. The number of hydrogen-bond donors (Lipinski definition) is 1. The molecule has 1 unspecified atom stereocenters. The van der Waals surface area contributed by atoms with Crippen LogP contribution in [0.15, 0.2) is 18.5 Å². The first-order chi connectivity index (χ1) is 7.95. The summed E-state index contributed by atoms with van der Waals surface area (Å²) in [5.74, 6) is 0.390. The Bertz CT molecular complexity index is 362. The molecule has 0 saturated heterocycles. The Hall–Kier alpha value is -1.16. The van der Waals surface area contributed by atoms with Crippen LogP contribution in [0.1, 0.15) is 37.6 Å². The number of alkyl halides is 1. The third-order valence-electron chi connectivity index (χ3n) is 2.59. The molecule has 1 aromatic rings. The van der Waals surface area contributed by atoms with Gasteiger partial charge < -0.3 is 5.32 Å². The molecule has 0 spiro atoms. The quantitative estimate of drug-likeness (QED) is 0.840. The molecule has 1 heterocycles. The zero-order chi connectivity index (χ0) is 12.9. The average molecular weight is 256 g/mol. The van der Waals surface area contributed by atoms with E-state index in [9.17, 15) is 4.79 Å². The van der Waals surface area contributed by atoms with Crippen LogP contribution in [0.5, 0.6) is 0 Å². The van der Waals surface area contributed by atoms with Crippen LogP contribution in [-0.4, -0.2) is 28.0 Å². The third kappa shape index (κ3) is 4.30. The van der Waals surface area contributed by atoms with Crippen molar-refractivity contribution in [3.8, 4) is 0 Å². The molecule has 0 aromatic carbocycles. The van der Waals surface area contributed by atoms with Crippen molar-refractivity contribution < 1.29 is 4.79 Å². The summed E-state index contributed by atoms with van der Waals surface area (Å²) >= 11 is 5.76. The molecule has 4 nitrogen and oxygen atoms in total. The van der Waals surface area contributed by atoms with Gasteiger partial charge in [0, 0.05) is 11.9 Å². The smallest absolute Gasteiger partial charge is 0.253 e. The number of halogens is 1. The predicted molar refractivity (Wildman–Crippen MR) is 68.1 cm³/mol. The first kappa shape index (κ1) is 13.9. The average Bonchev–Trinajstić information content (AvgIpc) is 2.28. The first-order valence-electron chi connectivity index (χ1n) is 5.58. The minimum atomic E-state index is -0.134. The van der Waals surface area contributed by atoms with E-state index in [0.717, 1.165) is 6.42 Å². The Morgan fingerprint density at radius 3 is 2.65 bits per heavy atom. The Labute approximate surface area is 107 Å². The van der Waals surface area contributed by atoms with Gasteiger partial charge in [0.1, 0.15) is 0 Å². The van der Waals surface area contributed by atoms with E-state index in [1.165, 1.54) is 12.4 Å². The van der Waals surface area contributed by atoms with Crippen molar-refractivity contribution in [1.29, 1.82) is 0 Å². The van der Waals surface area contributed by atoms with Crippen LogP contribution in [0.3, 0.4) is 0 Å². The highest BCUT2D eigenvalue weighted by Crippen LogP contribution is 2.22. The molecule has 94 valence electrons. The second-order valence-electron chi connectivity index (χ2n) is 5.00. The van der Waals surface area contributed by atoms with E-state index in [1.54, 1.807) is 6.07 Å². The summed E-state index contributed by atoms with van der Waals surface area (Å²) in [5, 5.41) is 10.3. The van der Waals surface area contributed by atoms with Crippen molar-refractivity contribution in [3.63, 3.8) is 0 Å². The fraction of sp³-hybridized carbons (Fsp3) is 0.583. The maximum Gasteiger partial charge on any atom is 0.253 e. The molecule has 0 aliphatic carbocycles. The van der Waals surface area contributed by atoms with E-state index >= 15 is 0 Å². The molecule has 0 saturated carbocycles. The largest absolute Gasteiger partial charge is 0.349 e. The first-order valence-corrected chi connectivity index (χ1v) is 6.12. The van der Waals surface area contributed by atoms with E-state index in [-0.39, 0.29) is 17.4 Å². The third-order valence-corrected chi connectivity index (χ3v) is 2.81. The summed E-state index contributed by atoms with van der Waals surface area (Å²) in [4.78, 5) is 12.0. The lowest BCUT2D eigenvalue weighted by Gasteiger charge is -2.31. The van der Waals surface area contributed by atoms with Gasteiger partial charge in [0.25, 0.3) is 5.91 Å². The highest BCUT2D eigenvalue weighted by Gasteiger charge is 2.25. The van der Waals surface area contributed by atoms with Crippen molar-refractivity contribution in [3.05, 3.63) is 24.0 Å². The number of nitrogens with one attached hydrogen (secondary N) is 1. The number of carbonyl (C=O) groups is 1. The summed E-state index contributed by atoms with van der Waals surface area (Å²) in [6.45, 7) is 6.24. The minimum Gasteiger partial charge on any atom is -0.349 e. The summed E-state index contributed by atoms with van der Waals surface area (Å²) in [6.07, 6.45) is 3.70. The van der Waals surface area contributed by atoms with Gasteiger partial charge in [-0.2, -0.15) is 10.2 Å². The molecule has 17 heavy (non-hydrogen) atoms. The molecule has 1 atom stereocenters. The molecule has 1 amide bonds. The summed E-state index contributed by atoms with van der Waals surface area (Å²) in [6, 6.07) is 1.68. The number of aromatic nitrogens is 2. The monoisotopic (exact) mass is 255 g/mol. The normalized spacial score (nSPS) is 13.2. The fourth-order valence-electron chi connectivity index (χ4n) is 1.50. The maximum absolute atomic E-state index is 12.0. The number of carbonyl (C=O) groups excluding carboxylic acids is 1. The van der Waals surface area contributed by atoms with Gasteiger partial charge in [-0.1, -0.05) is 20.8 Å². The van der Waals surface area contributed by atoms with Crippen molar-refractivity contribution in [1.82, 2.24) is 15.5 Å². The number of amides is 1. The highest BCUT2D eigenvalue weighted by atomic mass is 35.5. The molecule has 0 fully saturated rings. The lowest BCUT2D eigenvalue weighted by atomic mass is 9.85. The van der Waals surface area contributed by atoms with Crippen LogP contribution in [0.4, 0.5) is 0 Å². The second-order valence-corrected chi connectivity index (χ2v) is 5.38. The van der Waals surface area contributed by atoms with Crippen LogP contribution in [-0.2, 0) is 0 Å². The van der Waals surface area contributed by atoms with Crippen molar-refractivity contribution >= 4 is 17.5 Å². The molecule has 0 aliphatic rings. The summed E-state index contributed by atoms with van der Waals surface area (Å²) < 4.78 is 0. The van der Waals surface area contributed by atoms with Gasteiger partial charge in [0.05, 0.1) is 18.0 Å². The fourth-order valence-corrected chi connectivity index (χ4v) is 1.72. The Morgan fingerprint density at radius 1 is 1.47 bits per heavy atom. The summed E-state index contributed by atoms with van der Waals surface area (Å²) in [5.41, 5.74) is 0.495. The highest BCUT2D eigenvalue weighted by molar-refractivity contribution is 6.17. The van der Waals surface area contributed by atoms with Gasteiger partial charge in [-0.3, -0.25) is 4.79 Å². The molecule has 1 N–H and O–H groups in total. The van der Waals surface area contributed by atoms with Crippen LogP contribution >= 0.6 is 11.6 Å². The van der Waals surface area contributed by atoms with E-state index in [1.807, 2.05) is 0 Å². The predicted octanol–water partition coefficient (Wildman–Crippen LogP) is 2.25. The lowest BCUT2D eigenvalue weighted by Crippen LogP contribution is -2.44. The molecule has 0 aliphatic heterocycles. The van der Waals surface area contributed by atoms with E-state index < -0.39 is 0 Å². The van der Waals surface area contributed by atoms with Crippen LogP contribution in [0, 0.1) is 5.41 Å². The van der Waals surface area contributed by atoms with Crippen LogP contribution in [0.25, 0.3) is 0 Å². The van der Waals surface area contributed by atoms with Gasteiger partial charge in [-0.05, 0) is 17.9 Å². The maximum atomic E-state index is 12.0. The molecule has 1 rings (SSSR count). The number of hydrogen-bond acceptors (Lipinski definition) is 3. The lowest BCUT2D eigenvalue weighted by molar-refractivity contribution is 0.0900. The zero-order valence-electron chi connectivity index (χ0n) is 10.4. The molecular weight excluding hydrogens is 238 g/mol. The minimum absolute atomic E-state index is 0.0228. The SMILES string of the molecule is CC(C)(C)C(CCCl)NC(=O)c1ccnnc1. The number of nitrogens with zero attached hydrogens (tertiary/aromatic N) is 2. The van der Waals surface area contributed by atoms with Gasteiger partial charge in [-0.25, -0.2) is 0 Å². The van der Waals surface area contributed by atoms with Gasteiger partial charge >= 0.3 is 0 Å². The van der Waals surface area contributed by atoms with Crippen molar-refractivity contribution in [2.45, 2.75) is 33.2 Å². The van der Waals surface area contributed by atoms with Crippen LogP contribution in [0.2, 0.25) is 0 Å². The van der Waals surface area contributed by atoms with E-state index in [2.05, 4.69) is 36.3 Å². The second kappa shape index (κ2) is 5.96. The van der Waals surface area contributed by atoms with Gasteiger partial charge in [-0.15, -0.1) is 11.6 Å². The molecule has 1 aromatic heterocycles.